The van der Waals surface area contributed by atoms with Crippen molar-refractivity contribution in [3.05, 3.63) is 194 Å². The van der Waals surface area contributed by atoms with E-state index in [1.165, 1.54) is 57.9 Å². The highest BCUT2D eigenvalue weighted by molar-refractivity contribution is 7.25. The normalized spacial score (nSPS) is 11.7. The van der Waals surface area contributed by atoms with Crippen LogP contribution in [0.15, 0.2) is 194 Å². The summed E-state index contributed by atoms with van der Waals surface area (Å²) in [7, 11) is 0. The SMILES string of the molecule is c1ccc(-c2nc(-c3cc(-c4cccnc4)cc(-c4cc5c6ccccc6c6ccccc6c5c5ccccc45)c3)nc(-c3cccc4sc5ccccc5c34)n2)cc1. The third-order valence-electron chi connectivity index (χ3n) is 11.6. The van der Waals surface area contributed by atoms with Gasteiger partial charge in [-0.15, -0.1) is 11.3 Å². The molecular weight excluding hydrogens is 737 g/mol. The lowest BCUT2D eigenvalue weighted by Crippen LogP contribution is -2.01. The maximum Gasteiger partial charge on any atom is 0.164 e. The minimum atomic E-state index is 0.610. The zero-order valence-electron chi connectivity index (χ0n) is 31.7. The highest BCUT2D eigenvalue weighted by Gasteiger charge is 2.20. The minimum absolute atomic E-state index is 0.610. The lowest BCUT2D eigenvalue weighted by atomic mass is 9.86. The molecule has 12 aromatic rings. The van der Waals surface area contributed by atoms with Crippen molar-refractivity contribution in [2.24, 2.45) is 0 Å². The molecule has 3 heterocycles. The van der Waals surface area contributed by atoms with Crippen LogP contribution in [0.5, 0.6) is 0 Å². The molecule has 0 aliphatic heterocycles. The summed E-state index contributed by atoms with van der Waals surface area (Å²) in [5, 5.41) is 12.3. The van der Waals surface area contributed by atoms with Crippen molar-refractivity contribution < 1.29 is 0 Å². The fourth-order valence-corrected chi connectivity index (χ4v) is 10.1. The largest absolute Gasteiger partial charge is 0.264 e. The van der Waals surface area contributed by atoms with Gasteiger partial charge in [0.25, 0.3) is 0 Å². The van der Waals surface area contributed by atoms with E-state index in [0.29, 0.717) is 17.5 Å². The summed E-state index contributed by atoms with van der Waals surface area (Å²) in [5.74, 6) is 1.88. The fourth-order valence-electron chi connectivity index (χ4n) is 8.92. The second-order valence-corrected chi connectivity index (χ2v) is 16.1. The third-order valence-corrected chi connectivity index (χ3v) is 12.7. The Balaban J connectivity index is 1.16. The van der Waals surface area contributed by atoms with Gasteiger partial charge in [-0.3, -0.25) is 4.98 Å². The van der Waals surface area contributed by atoms with Gasteiger partial charge in [0.2, 0.25) is 0 Å². The summed E-state index contributed by atoms with van der Waals surface area (Å²) in [4.78, 5) is 20.3. The highest BCUT2D eigenvalue weighted by Crippen LogP contribution is 2.45. The average molecular weight is 769 g/mol. The molecule has 4 nitrogen and oxygen atoms in total. The Hall–Kier alpha value is -7.60. The summed E-state index contributed by atoms with van der Waals surface area (Å²) in [6.07, 6.45) is 3.75. The van der Waals surface area contributed by atoms with Gasteiger partial charge in [-0.05, 0) is 102 Å². The Morgan fingerprint density at radius 1 is 0.305 bits per heavy atom. The van der Waals surface area contributed by atoms with Crippen LogP contribution in [-0.2, 0) is 0 Å². The summed E-state index contributed by atoms with van der Waals surface area (Å²) in [6.45, 7) is 0. The molecule has 0 fully saturated rings. The van der Waals surface area contributed by atoms with E-state index in [0.717, 1.165) is 44.3 Å². The standard InChI is InChI=1S/C54H32N4S/c1-2-14-33(15-3-1)52-56-53(58-54(57-52)45-24-12-26-49-51(45)44-23-10-11-25-48(44)59-49)37-29-35(34-16-13-27-55-32-34)28-36(30-37)46-31-47-40-19-5-4-17-38(40)39-18-6-8-21-42(39)50(47)43-22-9-7-20-41(43)46/h1-32H. The van der Waals surface area contributed by atoms with E-state index in [9.17, 15) is 0 Å². The van der Waals surface area contributed by atoms with Gasteiger partial charge in [0, 0.05) is 54.8 Å². The second-order valence-electron chi connectivity index (χ2n) is 15.0. The first-order chi connectivity index (χ1) is 29.2. The fraction of sp³-hybridized carbons (Fsp3) is 0. The summed E-state index contributed by atoms with van der Waals surface area (Å²) in [5.41, 5.74) is 7.10. The molecule has 274 valence electrons. The van der Waals surface area contributed by atoms with E-state index in [4.69, 9.17) is 15.0 Å². The first-order valence-electron chi connectivity index (χ1n) is 19.8. The summed E-state index contributed by atoms with van der Waals surface area (Å²) in [6, 6.07) is 64.9. The molecule has 0 saturated heterocycles. The number of fused-ring (bicyclic) bond motifs is 11. The highest BCUT2D eigenvalue weighted by atomic mass is 32.1. The van der Waals surface area contributed by atoms with Crippen molar-refractivity contribution in [3.8, 4) is 56.4 Å². The summed E-state index contributed by atoms with van der Waals surface area (Å²) < 4.78 is 2.45. The van der Waals surface area contributed by atoms with Gasteiger partial charge in [-0.2, -0.15) is 0 Å². The van der Waals surface area contributed by atoms with Crippen LogP contribution in [0.1, 0.15) is 0 Å². The van der Waals surface area contributed by atoms with Crippen LogP contribution in [0.3, 0.4) is 0 Å². The number of rotatable bonds is 5. The Bertz CT molecular complexity index is 3610. The molecule has 59 heavy (non-hydrogen) atoms. The second kappa shape index (κ2) is 13.5. The number of pyridine rings is 1. The molecule has 0 spiro atoms. The van der Waals surface area contributed by atoms with Crippen LogP contribution < -0.4 is 0 Å². The predicted octanol–water partition coefficient (Wildman–Crippen LogP) is 14.6. The number of hydrogen-bond acceptors (Lipinski definition) is 5. The van der Waals surface area contributed by atoms with E-state index in [1.54, 1.807) is 11.3 Å². The molecule has 3 aromatic heterocycles. The maximum absolute atomic E-state index is 5.36. The van der Waals surface area contributed by atoms with Gasteiger partial charge in [-0.1, -0.05) is 140 Å². The molecule has 0 bridgehead atoms. The van der Waals surface area contributed by atoms with Gasteiger partial charge >= 0.3 is 0 Å². The lowest BCUT2D eigenvalue weighted by Gasteiger charge is -2.17. The molecular formula is C54H32N4S. The minimum Gasteiger partial charge on any atom is -0.264 e. The van der Waals surface area contributed by atoms with Gasteiger partial charge in [0.1, 0.15) is 0 Å². The van der Waals surface area contributed by atoms with E-state index >= 15 is 0 Å². The molecule has 0 N–H and O–H groups in total. The first-order valence-corrected chi connectivity index (χ1v) is 20.6. The number of thiophene rings is 1. The van der Waals surface area contributed by atoms with Crippen LogP contribution in [0, 0.1) is 0 Å². The van der Waals surface area contributed by atoms with E-state index in [2.05, 4.69) is 163 Å². The third kappa shape index (κ3) is 5.51. The molecule has 0 saturated carbocycles. The molecule has 0 aliphatic rings. The van der Waals surface area contributed by atoms with Gasteiger partial charge < -0.3 is 0 Å². The van der Waals surface area contributed by atoms with Crippen molar-refractivity contribution >= 4 is 74.6 Å². The predicted molar refractivity (Wildman–Crippen MR) is 248 cm³/mol. The number of benzene rings is 9. The van der Waals surface area contributed by atoms with Crippen LogP contribution >= 0.6 is 11.3 Å². The number of hydrogen-bond donors (Lipinski definition) is 0. The molecule has 0 atom stereocenters. The molecule has 0 amide bonds. The summed E-state index contributed by atoms with van der Waals surface area (Å²) >= 11 is 1.80. The zero-order chi connectivity index (χ0) is 38.9. The van der Waals surface area contributed by atoms with Crippen molar-refractivity contribution in [2.45, 2.75) is 0 Å². The smallest absolute Gasteiger partial charge is 0.164 e. The van der Waals surface area contributed by atoms with Crippen molar-refractivity contribution in [3.63, 3.8) is 0 Å². The lowest BCUT2D eigenvalue weighted by molar-refractivity contribution is 1.08. The molecule has 9 aromatic carbocycles. The average Bonchev–Trinajstić information content (AvgIpc) is 3.70. The van der Waals surface area contributed by atoms with Crippen LogP contribution in [0.4, 0.5) is 0 Å². The zero-order valence-corrected chi connectivity index (χ0v) is 32.5. The van der Waals surface area contributed by atoms with Gasteiger partial charge in [0.05, 0.1) is 0 Å². The van der Waals surface area contributed by atoms with Gasteiger partial charge in [0.15, 0.2) is 17.5 Å². The van der Waals surface area contributed by atoms with Crippen LogP contribution in [0.25, 0.3) is 120 Å². The Morgan fingerprint density at radius 2 is 0.864 bits per heavy atom. The van der Waals surface area contributed by atoms with Crippen LogP contribution in [-0.4, -0.2) is 19.9 Å². The molecule has 0 unspecified atom stereocenters. The van der Waals surface area contributed by atoms with Crippen molar-refractivity contribution in [2.75, 3.05) is 0 Å². The number of nitrogens with zero attached hydrogens (tertiary/aromatic N) is 4. The quantitative estimate of drug-likeness (QED) is 0.164. The van der Waals surface area contributed by atoms with E-state index in [1.807, 2.05) is 36.7 Å². The molecule has 5 heteroatoms. The van der Waals surface area contributed by atoms with Gasteiger partial charge in [-0.25, -0.2) is 15.0 Å². The Kier molecular flexibility index (Phi) is 7.68. The Labute approximate surface area is 343 Å². The first kappa shape index (κ1) is 33.5. The topological polar surface area (TPSA) is 51.6 Å². The van der Waals surface area contributed by atoms with Crippen LogP contribution in [0.2, 0.25) is 0 Å². The van der Waals surface area contributed by atoms with E-state index in [-0.39, 0.29) is 0 Å². The number of aromatic nitrogens is 4. The maximum atomic E-state index is 5.36. The molecule has 0 radical (unpaired) electrons. The van der Waals surface area contributed by atoms with E-state index < -0.39 is 0 Å². The van der Waals surface area contributed by atoms with Crippen molar-refractivity contribution in [1.82, 2.24) is 19.9 Å². The molecule has 0 aliphatic carbocycles. The molecule has 12 rings (SSSR count). The monoisotopic (exact) mass is 768 g/mol. The van der Waals surface area contributed by atoms with Crippen molar-refractivity contribution in [1.29, 1.82) is 0 Å². The Morgan fingerprint density at radius 3 is 1.63 bits per heavy atom.